The molecule has 2 rings (SSSR count). The van der Waals surface area contributed by atoms with Gasteiger partial charge in [-0.2, -0.15) is 0 Å². The summed E-state index contributed by atoms with van der Waals surface area (Å²) in [5.41, 5.74) is 1.15. The van der Waals surface area contributed by atoms with Gasteiger partial charge in [-0.3, -0.25) is 4.79 Å². The van der Waals surface area contributed by atoms with Gasteiger partial charge in [0.05, 0.1) is 19.9 Å². The lowest BCUT2D eigenvalue weighted by Gasteiger charge is -2.20. The average Bonchev–Trinajstić information content (AvgIpc) is 2.63. The zero-order valence-corrected chi connectivity index (χ0v) is 15.8. The molecule has 0 radical (unpaired) electrons. The molecule has 0 aromatic heterocycles. The number of nitrogens with one attached hydrogen (secondary N) is 2. The van der Waals surface area contributed by atoms with Crippen LogP contribution in [-0.4, -0.2) is 26.2 Å². The first kappa shape index (κ1) is 20.6. The van der Waals surface area contributed by atoms with E-state index in [4.69, 9.17) is 9.47 Å². The highest BCUT2D eigenvalue weighted by Gasteiger charge is 2.16. The van der Waals surface area contributed by atoms with Crippen molar-refractivity contribution in [3.63, 3.8) is 0 Å². The molecule has 0 fully saturated rings. The molecule has 1 amide bonds. The minimum absolute atomic E-state index is 0.183. The Morgan fingerprint density at radius 1 is 1.04 bits per heavy atom. The molecule has 2 N–H and O–H groups in total. The van der Waals surface area contributed by atoms with Crippen LogP contribution in [0.15, 0.2) is 36.4 Å². The summed E-state index contributed by atoms with van der Waals surface area (Å²) in [5, 5.41) is 6.01. The molecule has 0 bridgehead atoms. The third-order valence-corrected chi connectivity index (χ3v) is 4.15. The van der Waals surface area contributed by atoms with Crippen molar-refractivity contribution in [3.8, 4) is 11.5 Å². The molecule has 0 aliphatic rings. The van der Waals surface area contributed by atoms with Crippen molar-refractivity contribution < 1.29 is 23.0 Å². The Morgan fingerprint density at radius 3 is 2.41 bits per heavy atom. The average molecular weight is 378 g/mol. The molecule has 146 valence electrons. The van der Waals surface area contributed by atoms with E-state index in [0.29, 0.717) is 22.7 Å². The fraction of sp³-hybridized carbons (Fsp3) is 0.350. The van der Waals surface area contributed by atoms with Crippen LogP contribution in [0.25, 0.3) is 0 Å². The normalized spacial score (nSPS) is 13.0. The van der Waals surface area contributed by atoms with Crippen molar-refractivity contribution in [1.82, 2.24) is 5.32 Å². The summed E-state index contributed by atoms with van der Waals surface area (Å²) < 4.78 is 36.8. The second-order valence-electron chi connectivity index (χ2n) is 6.28. The Morgan fingerprint density at radius 2 is 1.78 bits per heavy atom. The lowest BCUT2D eigenvalue weighted by Crippen LogP contribution is -2.32. The van der Waals surface area contributed by atoms with Gasteiger partial charge < -0.3 is 20.1 Å². The number of hydrogen-bond acceptors (Lipinski definition) is 4. The summed E-state index contributed by atoms with van der Waals surface area (Å²) in [7, 11) is 3.06. The molecule has 2 aromatic rings. The summed E-state index contributed by atoms with van der Waals surface area (Å²) in [6, 6.07) is 8.46. The fourth-order valence-corrected chi connectivity index (χ4v) is 2.74. The van der Waals surface area contributed by atoms with E-state index in [9.17, 15) is 13.6 Å². The van der Waals surface area contributed by atoms with Gasteiger partial charge in [-0.05, 0) is 43.7 Å². The number of benzene rings is 2. The van der Waals surface area contributed by atoms with Crippen LogP contribution in [0.1, 0.15) is 31.9 Å². The van der Waals surface area contributed by atoms with Crippen LogP contribution < -0.4 is 20.1 Å². The van der Waals surface area contributed by atoms with E-state index in [-0.39, 0.29) is 24.4 Å². The van der Waals surface area contributed by atoms with Crippen molar-refractivity contribution >= 4 is 11.6 Å². The van der Waals surface area contributed by atoms with Crippen molar-refractivity contribution in [2.45, 2.75) is 32.4 Å². The van der Waals surface area contributed by atoms with Gasteiger partial charge in [-0.15, -0.1) is 0 Å². The third kappa shape index (κ3) is 5.65. The van der Waals surface area contributed by atoms with Gasteiger partial charge in [0.25, 0.3) is 0 Å². The Labute approximate surface area is 157 Å². The number of hydrogen-bond donors (Lipinski definition) is 2. The number of amides is 1. The topological polar surface area (TPSA) is 59.6 Å². The SMILES string of the molecule is COc1ccc(NC(=O)CC(C)NC(C)c2ccc(F)c(F)c2)c(OC)c1. The van der Waals surface area contributed by atoms with E-state index in [0.717, 1.165) is 12.1 Å². The Bertz CT molecular complexity index is 799. The van der Waals surface area contributed by atoms with Crippen molar-refractivity contribution in [3.05, 3.63) is 53.6 Å². The predicted octanol–water partition coefficient (Wildman–Crippen LogP) is 4.05. The predicted molar refractivity (Wildman–Crippen MR) is 100 cm³/mol. The van der Waals surface area contributed by atoms with Crippen LogP contribution in [0.4, 0.5) is 14.5 Å². The molecule has 0 heterocycles. The first-order chi connectivity index (χ1) is 12.8. The van der Waals surface area contributed by atoms with Crippen LogP contribution in [0.5, 0.6) is 11.5 Å². The van der Waals surface area contributed by atoms with Crippen LogP contribution in [0.2, 0.25) is 0 Å². The molecule has 0 aliphatic carbocycles. The number of anilines is 1. The van der Waals surface area contributed by atoms with Crippen LogP contribution in [0, 0.1) is 11.6 Å². The van der Waals surface area contributed by atoms with E-state index in [1.807, 2.05) is 13.8 Å². The Kier molecular flexibility index (Phi) is 7.12. The van der Waals surface area contributed by atoms with Crippen LogP contribution in [0.3, 0.4) is 0 Å². The molecule has 0 aliphatic heterocycles. The molecule has 2 aromatic carbocycles. The highest BCUT2D eigenvalue weighted by molar-refractivity contribution is 5.92. The molecule has 7 heteroatoms. The summed E-state index contributed by atoms with van der Waals surface area (Å²) in [6.45, 7) is 3.68. The molecule has 2 unspecified atom stereocenters. The number of halogens is 2. The van der Waals surface area contributed by atoms with Crippen molar-refractivity contribution in [1.29, 1.82) is 0 Å². The second kappa shape index (κ2) is 9.32. The molecule has 0 saturated heterocycles. The number of methoxy groups -OCH3 is 2. The maximum atomic E-state index is 13.4. The molecular weight excluding hydrogens is 354 g/mol. The zero-order chi connectivity index (χ0) is 20.0. The van der Waals surface area contributed by atoms with E-state index in [2.05, 4.69) is 10.6 Å². The van der Waals surface area contributed by atoms with Crippen molar-refractivity contribution in [2.24, 2.45) is 0 Å². The van der Waals surface area contributed by atoms with Crippen molar-refractivity contribution in [2.75, 3.05) is 19.5 Å². The summed E-state index contributed by atoms with van der Waals surface area (Å²) in [6.07, 6.45) is 0.198. The quantitative estimate of drug-likeness (QED) is 0.728. The maximum Gasteiger partial charge on any atom is 0.226 e. The highest BCUT2D eigenvalue weighted by atomic mass is 19.2. The highest BCUT2D eigenvalue weighted by Crippen LogP contribution is 2.29. The largest absolute Gasteiger partial charge is 0.497 e. The summed E-state index contributed by atoms with van der Waals surface area (Å²) >= 11 is 0. The lowest BCUT2D eigenvalue weighted by atomic mass is 10.1. The number of ether oxygens (including phenoxy) is 2. The molecule has 2 atom stereocenters. The fourth-order valence-electron chi connectivity index (χ4n) is 2.74. The van der Waals surface area contributed by atoms with E-state index < -0.39 is 11.6 Å². The lowest BCUT2D eigenvalue weighted by molar-refractivity contribution is -0.116. The maximum absolute atomic E-state index is 13.4. The molecular formula is C20H24F2N2O3. The monoisotopic (exact) mass is 378 g/mol. The minimum atomic E-state index is -0.891. The number of rotatable bonds is 8. The van der Waals surface area contributed by atoms with Gasteiger partial charge in [0.15, 0.2) is 11.6 Å². The van der Waals surface area contributed by atoms with Gasteiger partial charge >= 0.3 is 0 Å². The van der Waals surface area contributed by atoms with E-state index in [1.165, 1.54) is 13.2 Å². The molecule has 0 spiro atoms. The first-order valence-electron chi connectivity index (χ1n) is 8.57. The van der Waals surface area contributed by atoms with Gasteiger partial charge in [0, 0.05) is 24.6 Å². The van der Waals surface area contributed by atoms with Gasteiger partial charge in [0.1, 0.15) is 11.5 Å². The minimum Gasteiger partial charge on any atom is -0.497 e. The van der Waals surface area contributed by atoms with E-state index >= 15 is 0 Å². The molecule has 0 saturated carbocycles. The molecule has 5 nitrogen and oxygen atoms in total. The van der Waals surface area contributed by atoms with Gasteiger partial charge in [-0.1, -0.05) is 6.07 Å². The number of carbonyl (C=O) groups is 1. The third-order valence-electron chi connectivity index (χ3n) is 4.15. The Hall–Kier alpha value is -2.67. The number of carbonyl (C=O) groups excluding carboxylic acids is 1. The standard InChI is InChI=1S/C20H24F2N2O3/c1-12(23-13(2)14-5-7-16(21)17(22)10-14)9-20(25)24-18-8-6-15(26-3)11-19(18)27-4/h5-8,10-13,23H,9H2,1-4H3,(H,24,25). The Balaban J connectivity index is 1.94. The van der Waals surface area contributed by atoms with Gasteiger partial charge in [0.2, 0.25) is 5.91 Å². The van der Waals surface area contributed by atoms with E-state index in [1.54, 1.807) is 25.3 Å². The smallest absolute Gasteiger partial charge is 0.226 e. The summed E-state index contributed by atoms with van der Waals surface area (Å²) in [4.78, 5) is 12.3. The molecule has 27 heavy (non-hydrogen) atoms. The second-order valence-corrected chi connectivity index (χ2v) is 6.28. The van der Waals surface area contributed by atoms with Crippen LogP contribution in [-0.2, 0) is 4.79 Å². The van der Waals surface area contributed by atoms with Crippen LogP contribution >= 0.6 is 0 Å². The summed E-state index contributed by atoms with van der Waals surface area (Å²) in [5.74, 6) is -0.848. The van der Waals surface area contributed by atoms with Gasteiger partial charge in [-0.25, -0.2) is 8.78 Å². The zero-order valence-electron chi connectivity index (χ0n) is 15.8. The first-order valence-corrected chi connectivity index (χ1v) is 8.57.